The maximum Gasteiger partial charge on any atom is 0.251 e. The largest absolute Gasteiger partial charge is 0.487 e. The van der Waals surface area contributed by atoms with E-state index in [1.54, 1.807) is 18.2 Å². The third-order valence-electron chi connectivity index (χ3n) is 3.00. The number of hydrogen-bond acceptors (Lipinski definition) is 3. The average molecular weight is 275 g/mol. The van der Waals surface area contributed by atoms with Gasteiger partial charge in [-0.2, -0.15) is 0 Å². The van der Waals surface area contributed by atoms with Crippen molar-refractivity contribution in [3.05, 3.63) is 29.3 Å². The lowest BCUT2D eigenvalue weighted by Crippen LogP contribution is -2.41. The number of rotatable bonds is 1. The number of amides is 1. The Labute approximate surface area is 119 Å². The minimum absolute atomic E-state index is 0.0154. The lowest BCUT2D eigenvalue weighted by atomic mass is 9.92. The van der Waals surface area contributed by atoms with Crippen LogP contribution >= 0.6 is 0 Å². The minimum Gasteiger partial charge on any atom is -0.487 e. The van der Waals surface area contributed by atoms with Crippen molar-refractivity contribution in [2.24, 2.45) is 0 Å². The van der Waals surface area contributed by atoms with Gasteiger partial charge in [0.15, 0.2) is 5.78 Å². The number of carbonyl (C=O) groups excluding carboxylic acids is 2. The SMILES string of the molecule is CC(C)(C)NC(=O)c1ccc2c(c1)C(=O)CC(C)(C)O2. The molecule has 1 aliphatic heterocycles. The number of ketones is 1. The Morgan fingerprint density at radius 2 is 1.95 bits per heavy atom. The molecular weight excluding hydrogens is 254 g/mol. The molecule has 0 saturated heterocycles. The fourth-order valence-corrected chi connectivity index (χ4v) is 2.21. The van der Waals surface area contributed by atoms with Gasteiger partial charge < -0.3 is 10.1 Å². The molecule has 1 amide bonds. The molecule has 0 saturated carbocycles. The maximum absolute atomic E-state index is 12.1. The Balaban J connectivity index is 2.31. The van der Waals surface area contributed by atoms with Crippen LogP contribution in [0.5, 0.6) is 5.75 Å². The molecule has 108 valence electrons. The summed E-state index contributed by atoms with van der Waals surface area (Å²) in [4.78, 5) is 24.3. The van der Waals surface area contributed by atoms with Gasteiger partial charge in [0, 0.05) is 11.1 Å². The van der Waals surface area contributed by atoms with Crippen LogP contribution in [0.4, 0.5) is 0 Å². The van der Waals surface area contributed by atoms with Gasteiger partial charge in [-0.25, -0.2) is 0 Å². The molecule has 0 radical (unpaired) electrons. The van der Waals surface area contributed by atoms with Crippen LogP contribution in [-0.4, -0.2) is 22.8 Å². The number of hydrogen-bond donors (Lipinski definition) is 1. The van der Waals surface area contributed by atoms with Gasteiger partial charge in [0.25, 0.3) is 5.91 Å². The fourth-order valence-electron chi connectivity index (χ4n) is 2.21. The Morgan fingerprint density at radius 3 is 2.55 bits per heavy atom. The third-order valence-corrected chi connectivity index (χ3v) is 3.00. The highest BCUT2D eigenvalue weighted by molar-refractivity contribution is 6.03. The molecule has 0 aromatic heterocycles. The van der Waals surface area contributed by atoms with E-state index in [9.17, 15) is 9.59 Å². The highest BCUT2D eigenvalue weighted by Crippen LogP contribution is 2.33. The second kappa shape index (κ2) is 4.62. The highest BCUT2D eigenvalue weighted by Gasteiger charge is 2.33. The van der Waals surface area contributed by atoms with Crippen molar-refractivity contribution in [1.82, 2.24) is 5.32 Å². The van der Waals surface area contributed by atoms with E-state index in [2.05, 4.69) is 5.32 Å². The molecule has 1 heterocycles. The number of fused-ring (bicyclic) bond motifs is 1. The number of Topliss-reactive ketones (excluding diaryl/α,β-unsaturated/α-hetero) is 1. The number of carbonyl (C=O) groups is 2. The standard InChI is InChI=1S/C16H21NO3/c1-15(2,3)17-14(19)10-6-7-13-11(8-10)12(18)9-16(4,5)20-13/h6-8H,9H2,1-5H3,(H,17,19). The van der Waals surface area contributed by atoms with Crippen molar-refractivity contribution < 1.29 is 14.3 Å². The number of ether oxygens (including phenoxy) is 1. The normalized spacial score (nSPS) is 17.1. The van der Waals surface area contributed by atoms with Crippen LogP contribution in [0.3, 0.4) is 0 Å². The first-order valence-electron chi connectivity index (χ1n) is 6.76. The number of benzene rings is 1. The molecule has 0 bridgehead atoms. The molecular formula is C16H21NO3. The van der Waals surface area contributed by atoms with E-state index in [1.807, 2.05) is 34.6 Å². The van der Waals surface area contributed by atoms with Gasteiger partial charge in [-0.3, -0.25) is 9.59 Å². The average Bonchev–Trinajstić information content (AvgIpc) is 2.24. The topological polar surface area (TPSA) is 55.4 Å². The van der Waals surface area contributed by atoms with Crippen LogP contribution in [0.25, 0.3) is 0 Å². The van der Waals surface area contributed by atoms with Gasteiger partial charge in [0.05, 0.1) is 12.0 Å². The summed E-state index contributed by atoms with van der Waals surface area (Å²) >= 11 is 0. The summed E-state index contributed by atoms with van der Waals surface area (Å²) in [5.74, 6) is 0.387. The Hall–Kier alpha value is -1.84. The lowest BCUT2D eigenvalue weighted by Gasteiger charge is -2.31. The van der Waals surface area contributed by atoms with Gasteiger partial charge in [-0.1, -0.05) is 0 Å². The summed E-state index contributed by atoms with van der Waals surface area (Å²) in [7, 11) is 0. The summed E-state index contributed by atoms with van der Waals surface area (Å²) in [5.41, 5.74) is 0.176. The summed E-state index contributed by atoms with van der Waals surface area (Å²) in [5, 5.41) is 2.88. The van der Waals surface area contributed by atoms with Crippen LogP contribution in [0.2, 0.25) is 0 Å². The van der Waals surface area contributed by atoms with E-state index in [1.165, 1.54) is 0 Å². The van der Waals surface area contributed by atoms with Crippen molar-refractivity contribution in [2.45, 2.75) is 52.2 Å². The van der Waals surface area contributed by atoms with Crippen LogP contribution in [0, 0.1) is 0 Å². The van der Waals surface area contributed by atoms with E-state index in [0.717, 1.165) is 0 Å². The zero-order valence-corrected chi connectivity index (χ0v) is 12.7. The highest BCUT2D eigenvalue weighted by atomic mass is 16.5. The minimum atomic E-state index is -0.487. The summed E-state index contributed by atoms with van der Waals surface area (Å²) in [6, 6.07) is 5.01. The summed E-state index contributed by atoms with van der Waals surface area (Å²) in [6.45, 7) is 9.52. The predicted octanol–water partition coefficient (Wildman–Crippen LogP) is 2.96. The molecule has 0 spiro atoms. The third kappa shape index (κ3) is 3.18. The van der Waals surface area contributed by atoms with E-state index in [4.69, 9.17) is 4.74 Å². The van der Waals surface area contributed by atoms with Crippen molar-refractivity contribution in [1.29, 1.82) is 0 Å². The fraction of sp³-hybridized carbons (Fsp3) is 0.500. The monoisotopic (exact) mass is 275 g/mol. The van der Waals surface area contributed by atoms with Gasteiger partial charge in [-0.15, -0.1) is 0 Å². The zero-order valence-electron chi connectivity index (χ0n) is 12.7. The summed E-state index contributed by atoms with van der Waals surface area (Å²) < 4.78 is 5.77. The molecule has 0 aliphatic carbocycles. The molecule has 0 fully saturated rings. The van der Waals surface area contributed by atoms with E-state index >= 15 is 0 Å². The molecule has 4 heteroatoms. The lowest BCUT2D eigenvalue weighted by molar-refractivity contribution is 0.0620. The first-order chi connectivity index (χ1) is 9.07. The Morgan fingerprint density at radius 1 is 1.30 bits per heavy atom. The molecule has 4 nitrogen and oxygen atoms in total. The zero-order chi connectivity index (χ0) is 15.1. The second-order valence-electron chi connectivity index (χ2n) is 6.88. The van der Waals surface area contributed by atoms with Crippen molar-refractivity contribution >= 4 is 11.7 Å². The quantitative estimate of drug-likeness (QED) is 0.857. The first-order valence-corrected chi connectivity index (χ1v) is 6.76. The van der Waals surface area contributed by atoms with Gasteiger partial charge in [-0.05, 0) is 52.8 Å². The molecule has 1 aliphatic rings. The van der Waals surface area contributed by atoms with Crippen molar-refractivity contribution in [3.63, 3.8) is 0 Å². The van der Waals surface area contributed by atoms with E-state index < -0.39 is 5.60 Å². The van der Waals surface area contributed by atoms with Gasteiger partial charge in [0.2, 0.25) is 0 Å². The Kier molecular flexibility index (Phi) is 3.36. The maximum atomic E-state index is 12.1. The van der Waals surface area contributed by atoms with Crippen LogP contribution in [0.1, 0.15) is 61.8 Å². The Bertz CT molecular complexity index is 568. The van der Waals surface area contributed by atoms with E-state index in [-0.39, 0.29) is 17.2 Å². The molecule has 1 aromatic carbocycles. The molecule has 0 unspecified atom stereocenters. The molecule has 0 atom stereocenters. The first kappa shape index (κ1) is 14.6. The van der Waals surface area contributed by atoms with Crippen molar-refractivity contribution in [2.75, 3.05) is 0 Å². The second-order valence-corrected chi connectivity index (χ2v) is 6.88. The van der Waals surface area contributed by atoms with Crippen LogP contribution < -0.4 is 10.1 Å². The van der Waals surface area contributed by atoms with Gasteiger partial charge in [0.1, 0.15) is 11.4 Å². The summed E-state index contributed by atoms with van der Waals surface area (Å²) in [6.07, 6.45) is 0.324. The molecule has 2 rings (SSSR count). The molecule has 1 aromatic rings. The van der Waals surface area contributed by atoms with Crippen LogP contribution in [0.15, 0.2) is 18.2 Å². The smallest absolute Gasteiger partial charge is 0.251 e. The van der Waals surface area contributed by atoms with E-state index in [0.29, 0.717) is 23.3 Å². The molecule has 1 N–H and O–H groups in total. The van der Waals surface area contributed by atoms with Crippen LogP contribution in [-0.2, 0) is 0 Å². The molecule has 20 heavy (non-hydrogen) atoms. The van der Waals surface area contributed by atoms with Gasteiger partial charge >= 0.3 is 0 Å². The predicted molar refractivity (Wildman–Crippen MR) is 77.3 cm³/mol. The van der Waals surface area contributed by atoms with Crippen molar-refractivity contribution in [3.8, 4) is 5.75 Å². The number of nitrogens with one attached hydrogen (secondary N) is 1.